The molecule has 1 atom stereocenters. The second-order valence-electron chi connectivity index (χ2n) is 5.76. The van der Waals surface area contributed by atoms with Crippen LogP contribution < -0.4 is 11.1 Å². The smallest absolute Gasteiger partial charge is 0.274 e. The first kappa shape index (κ1) is 18.5. The van der Waals surface area contributed by atoms with Crippen LogP contribution in [0.1, 0.15) is 42.4 Å². The summed E-state index contributed by atoms with van der Waals surface area (Å²) in [5.74, 6) is -0.347. The van der Waals surface area contributed by atoms with Gasteiger partial charge in [-0.05, 0) is 19.4 Å². The van der Waals surface area contributed by atoms with E-state index in [0.717, 1.165) is 19.3 Å². The van der Waals surface area contributed by atoms with Crippen LogP contribution >= 0.6 is 0 Å². The van der Waals surface area contributed by atoms with E-state index in [1.54, 1.807) is 19.1 Å². The Labute approximate surface area is 145 Å². The molecule has 2 rings (SSSR count). The predicted octanol–water partition coefficient (Wildman–Crippen LogP) is 1.73. The molecular weight excluding hydrogens is 324 g/mol. The Bertz CT molecular complexity index is 758. The maximum absolute atomic E-state index is 12.4. The van der Waals surface area contributed by atoms with Crippen LogP contribution in [0.5, 0.6) is 0 Å². The molecule has 1 unspecified atom stereocenters. The first-order valence-electron chi connectivity index (χ1n) is 8.16. The van der Waals surface area contributed by atoms with Gasteiger partial charge >= 0.3 is 0 Å². The summed E-state index contributed by atoms with van der Waals surface area (Å²) in [5, 5.41) is 21.7. The van der Waals surface area contributed by atoms with Gasteiger partial charge in [0.25, 0.3) is 11.6 Å². The number of unbranched alkanes of at least 4 members (excludes halogenated alkanes) is 1. The van der Waals surface area contributed by atoms with Gasteiger partial charge in [0.2, 0.25) is 0 Å². The topological polar surface area (TPSA) is 129 Å². The normalized spacial score (nSPS) is 12.0. The lowest BCUT2D eigenvalue weighted by Crippen LogP contribution is -2.40. The van der Waals surface area contributed by atoms with Crippen LogP contribution in [0.2, 0.25) is 0 Å². The fraction of sp³-hybridized carbons (Fsp3) is 0.438. The summed E-state index contributed by atoms with van der Waals surface area (Å²) in [6.45, 7) is 4.12. The van der Waals surface area contributed by atoms with Gasteiger partial charge < -0.3 is 11.1 Å². The fourth-order valence-electron chi connectivity index (χ4n) is 2.48. The van der Waals surface area contributed by atoms with E-state index in [-0.39, 0.29) is 23.3 Å². The minimum absolute atomic E-state index is 0.0545. The lowest BCUT2D eigenvalue weighted by atomic mass is 10.1. The third kappa shape index (κ3) is 4.38. The number of amides is 1. The highest BCUT2D eigenvalue weighted by atomic mass is 16.6. The van der Waals surface area contributed by atoms with Crippen molar-refractivity contribution in [1.82, 2.24) is 20.3 Å². The van der Waals surface area contributed by atoms with Crippen molar-refractivity contribution in [3.63, 3.8) is 0 Å². The van der Waals surface area contributed by atoms with Crippen molar-refractivity contribution in [1.29, 1.82) is 0 Å². The van der Waals surface area contributed by atoms with Gasteiger partial charge in [-0.25, -0.2) is 4.68 Å². The van der Waals surface area contributed by atoms with Gasteiger partial charge in [0, 0.05) is 24.7 Å². The van der Waals surface area contributed by atoms with Gasteiger partial charge in [0.15, 0.2) is 5.69 Å². The SMILES string of the molecule is CCCCC(CN)NC(=O)c1nnn(-c2cccc([N+](=O)[O-])c2)c1C. The molecule has 1 aromatic heterocycles. The number of nitrogens with one attached hydrogen (secondary N) is 1. The molecule has 1 heterocycles. The van der Waals surface area contributed by atoms with Crippen molar-refractivity contribution in [3.05, 3.63) is 45.8 Å². The van der Waals surface area contributed by atoms with Crippen LogP contribution in [0.15, 0.2) is 24.3 Å². The van der Waals surface area contributed by atoms with E-state index in [0.29, 0.717) is 17.9 Å². The molecule has 9 nitrogen and oxygen atoms in total. The van der Waals surface area contributed by atoms with Crippen molar-refractivity contribution >= 4 is 11.6 Å². The van der Waals surface area contributed by atoms with Crippen LogP contribution in [0, 0.1) is 17.0 Å². The fourth-order valence-corrected chi connectivity index (χ4v) is 2.48. The molecule has 0 fully saturated rings. The molecule has 0 aliphatic carbocycles. The zero-order valence-corrected chi connectivity index (χ0v) is 14.3. The summed E-state index contributed by atoms with van der Waals surface area (Å²) < 4.78 is 1.41. The quantitative estimate of drug-likeness (QED) is 0.553. The second kappa shape index (κ2) is 8.34. The average Bonchev–Trinajstić information content (AvgIpc) is 3.00. The lowest BCUT2D eigenvalue weighted by molar-refractivity contribution is -0.384. The lowest BCUT2D eigenvalue weighted by Gasteiger charge is -2.15. The third-order valence-corrected chi connectivity index (χ3v) is 3.92. The highest BCUT2D eigenvalue weighted by molar-refractivity contribution is 5.93. The minimum atomic E-state index is -0.483. The van der Waals surface area contributed by atoms with Crippen molar-refractivity contribution in [2.75, 3.05) is 6.54 Å². The van der Waals surface area contributed by atoms with Gasteiger partial charge in [0.05, 0.1) is 16.3 Å². The maximum Gasteiger partial charge on any atom is 0.274 e. The predicted molar refractivity (Wildman–Crippen MR) is 92.6 cm³/mol. The van der Waals surface area contributed by atoms with Gasteiger partial charge in [-0.15, -0.1) is 5.10 Å². The van der Waals surface area contributed by atoms with Gasteiger partial charge in [0.1, 0.15) is 0 Å². The summed E-state index contributed by atoms with van der Waals surface area (Å²) in [7, 11) is 0. The highest BCUT2D eigenvalue weighted by Gasteiger charge is 2.20. The molecule has 0 saturated heterocycles. The number of carbonyl (C=O) groups is 1. The number of nitrogens with two attached hydrogens (primary N) is 1. The van der Waals surface area contributed by atoms with Crippen LogP contribution in [0.25, 0.3) is 5.69 Å². The Hall–Kier alpha value is -2.81. The molecule has 134 valence electrons. The molecule has 2 aromatic rings. The van der Waals surface area contributed by atoms with Crippen molar-refractivity contribution in [3.8, 4) is 5.69 Å². The van der Waals surface area contributed by atoms with E-state index in [4.69, 9.17) is 5.73 Å². The number of carbonyl (C=O) groups excluding carboxylic acids is 1. The Morgan fingerprint density at radius 1 is 1.48 bits per heavy atom. The largest absolute Gasteiger partial charge is 0.347 e. The minimum Gasteiger partial charge on any atom is -0.347 e. The molecule has 0 bridgehead atoms. The van der Waals surface area contributed by atoms with Gasteiger partial charge in [-0.1, -0.05) is 31.0 Å². The number of nitrogens with zero attached hydrogens (tertiary/aromatic N) is 4. The molecule has 0 saturated carbocycles. The Morgan fingerprint density at radius 3 is 2.88 bits per heavy atom. The van der Waals surface area contributed by atoms with E-state index < -0.39 is 4.92 Å². The number of nitro benzene ring substituents is 1. The van der Waals surface area contributed by atoms with Crippen molar-refractivity contribution in [2.45, 2.75) is 39.2 Å². The Balaban J connectivity index is 2.21. The zero-order valence-electron chi connectivity index (χ0n) is 14.3. The maximum atomic E-state index is 12.4. The van der Waals surface area contributed by atoms with E-state index in [1.165, 1.54) is 16.8 Å². The van der Waals surface area contributed by atoms with Crippen molar-refractivity contribution in [2.24, 2.45) is 5.73 Å². The molecule has 1 amide bonds. The number of aromatic nitrogens is 3. The molecule has 0 spiro atoms. The average molecular weight is 346 g/mol. The number of benzene rings is 1. The summed E-state index contributed by atoms with van der Waals surface area (Å²) in [6, 6.07) is 5.88. The molecule has 0 aliphatic heterocycles. The summed E-state index contributed by atoms with van der Waals surface area (Å²) in [5.41, 5.74) is 6.80. The van der Waals surface area contributed by atoms with E-state index in [1.807, 2.05) is 0 Å². The molecular formula is C16H22N6O3. The van der Waals surface area contributed by atoms with E-state index >= 15 is 0 Å². The molecule has 0 aliphatic rings. The van der Waals surface area contributed by atoms with Crippen LogP contribution in [-0.4, -0.2) is 38.4 Å². The first-order chi connectivity index (χ1) is 12.0. The zero-order chi connectivity index (χ0) is 18.4. The Morgan fingerprint density at radius 2 is 2.24 bits per heavy atom. The summed E-state index contributed by atoms with van der Waals surface area (Å²) in [6.07, 6.45) is 2.80. The number of rotatable bonds is 8. The number of non-ortho nitro benzene ring substituents is 1. The van der Waals surface area contributed by atoms with Crippen LogP contribution in [0.3, 0.4) is 0 Å². The second-order valence-corrected chi connectivity index (χ2v) is 5.76. The number of hydrogen-bond donors (Lipinski definition) is 2. The standard InChI is InChI=1S/C16H22N6O3/c1-3-4-6-12(10-17)18-16(23)15-11(2)21(20-19-15)13-7-5-8-14(9-13)22(24)25/h5,7-9,12H,3-4,6,10,17H2,1-2H3,(H,18,23). The molecule has 0 radical (unpaired) electrons. The van der Waals surface area contributed by atoms with E-state index in [2.05, 4.69) is 22.6 Å². The summed E-state index contributed by atoms with van der Waals surface area (Å²) in [4.78, 5) is 22.9. The number of hydrogen-bond acceptors (Lipinski definition) is 6. The van der Waals surface area contributed by atoms with Crippen molar-refractivity contribution < 1.29 is 9.72 Å². The van der Waals surface area contributed by atoms with E-state index in [9.17, 15) is 14.9 Å². The highest BCUT2D eigenvalue weighted by Crippen LogP contribution is 2.18. The third-order valence-electron chi connectivity index (χ3n) is 3.92. The van der Waals surface area contributed by atoms with Crippen LogP contribution in [-0.2, 0) is 0 Å². The molecule has 25 heavy (non-hydrogen) atoms. The van der Waals surface area contributed by atoms with Gasteiger partial charge in [-0.2, -0.15) is 0 Å². The molecule has 9 heteroatoms. The summed E-state index contributed by atoms with van der Waals surface area (Å²) >= 11 is 0. The monoisotopic (exact) mass is 346 g/mol. The molecule has 3 N–H and O–H groups in total. The first-order valence-corrected chi connectivity index (χ1v) is 8.16. The Kier molecular flexibility index (Phi) is 6.18. The van der Waals surface area contributed by atoms with Gasteiger partial charge in [-0.3, -0.25) is 14.9 Å². The number of nitro groups is 1. The molecule has 1 aromatic carbocycles. The van der Waals surface area contributed by atoms with Crippen LogP contribution in [0.4, 0.5) is 5.69 Å².